The van der Waals surface area contributed by atoms with Gasteiger partial charge < -0.3 is 0 Å². The van der Waals surface area contributed by atoms with Crippen molar-refractivity contribution in [3.63, 3.8) is 0 Å². The third kappa shape index (κ3) is 4.06. The van der Waals surface area contributed by atoms with Gasteiger partial charge in [-0.2, -0.15) is 9.57 Å². The highest BCUT2D eigenvalue weighted by atomic mass is 79.9. The standard InChI is InChI=1S/C15H11BrCl2N2O2S/c1-20(9-11-4-2-3-10(5-11)8-19)23(21,22)15-13(17)6-12(16)7-14(15)18/h2-7H,9H2,1H3. The van der Waals surface area contributed by atoms with Crippen LogP contribution < -0.4 is 0 Å². The zero-order valence-electron chi connectivity index (χ0n) is 11.9. The van der Waals surface area contributed by atoms with E-state index in [-0.39, 0.29) is 21.5 Å². The lowest BCUT2D eigenvalue weighted by Crippen LogP contribution is -2.27. The summed E-state index contributed by atoms with van der Waals surface area (Å²) < 4.78 is 27.2. The molecule has 120 valence electrons. The Bertz CT molecular complexity index is 872. The Morgan fingerprint density at radius 1 is 1.22 bits per heavy atom. The van der Waals surface area contributed by atoms with Gasteiger partial charge in [-0.25, -0.2) is 8.42 Å². The van der Waals surface area contributed by atoms with Crippen LogP contribution in [0.4, 0.5) is 0 Å². The minimum atomic E-state index is -3.87. The third-order valence-electron chi connectivity index (χ3n) is 3.09. The van der Waals surface area contributed by atoms with Crippen LogP contribution in [0.15, 0.2) is 45.8 Å². The molecule has 0 radical (unpaired) electrons. The molecule has 2 aromatic carbocycles. The fraction of sp³-hybridized carbons (Fsp3) is 0.133. The predicted octanol–water partition coefficient (Wildman–Crippen LogP) is 4.45. The van der Waals surface area contributed by atoms with E-state index >= 15 is 0 Å². The van der Waals surface area contributed by atoms with Gasteiger partial charge in [0.2, 0.25) is 10.0 Å². The van der Waals surface area contributed by atoms with Crippen LogP contribution in [0.3, 0.4) is 0 Å². The molecular weight excluding hydrogens is 423 g/mol. The zero-order valence-corrected chi connectivity index (χ0v) is 15.8. The van der Waals surface area contributed by atoms with E-state index in [0.29, 0.717) is 15.6 Å². The molecule has 2 aromatic rings. The largest absolute Gasteiger partial charge is 0.246 e. The lowest BCUT2D eigenvalue weighted by molar-refractivity contribution is 0.467. The number of nitriles is 1. The van der Waals surface area contributed by atoms with Gasteiger partial charge >= 0.3 is 0 Å². The summed E-state index contributed by atoms with van der Waals surface area (Å²) in [6, 6.07) is 11.7. The highest BCUT2D eigenvalue weighted by Gasteiger charge is 2.27. The Labute approximate surface area is 153 Å². The maximum atomic E-state index is 12.7. The Morgan fingerprint density at radius 2 is 1.83 bits per heavy atom. The van der Waals surface area contributed by atoms with E-state index in [9.17, 15) is 8.42 Å². The number of benzene rings is 2. The van der Waals surface area contributed by atoms with E-state index in [2.05, 4.69) is 15.9 Å². The molecule has 0 atom stereocenters. The molecule has 0 fully saturated rings. The van der Waals surface area contributed by atoms with Gasteiger partial charge in [0.1, 0.15) is 4.90 Å². The predicted molar refractivity (Wildman–Crippen MR) is 94.0 cm³/mol. The highest BCUT2D eigenvalue weighted by Crippen LogP contribution is 2.34. The summed E-state index contributed by atoms with van der Waals surface area (Å²) in [5.74, 6) is 0. The molecule has 0 N–H and O–H groups in total. The Hall–Kier alpha value is -1.10. The van der Waals surface area contributed by atoms with E-state index < -0.39 is 10.0 Å². The molecule has 4 nitrogen and oxygen atoms in total. The van der Waals surface area contributed by atoms with Crippen molar-refractivity contribution in [2.24, 2.45) is 0 Å². The summed E-state index contributed by atoms with van der Waals surface area (Å²) in [6.45, 7) is 0.0978. The maximum Gasteiger partial charge on any atom is 0.246 e. The van der Waals surface area contributed by atoms with Crippen molar-refractivity contribution in [2.45, 2.75) is 11.4 Å². The maximum absolute atomic E-state index is 12.7. The zero-order chi connectivity index (χ0) is 17.2. The smallest absolute Gasteiger partial charge is 0.207 e. The van der Waals surface area contributed by atoms with Crippen LogP contribution >= 0.6 is 39.1 Å². The van der Waals surface area contributed by atoms with Gasteiger partial charge in [0.05, 0.1) is 21.7 Å². The molecule has 0 bridgehead atoms. The molecule has 0 aliphatic heterocycles. The molecule has 0 aliphatic rings. The third-order valence-corrected chi connectivity index (χ3v) is 6.28. The molecule has 0 heterocycles. The van der Waals surface area contributed by atoms with Gasteiger partial charge in [-0.15, -0.1) is 0 Å². The molecule has 0 aliphatic carbocycles. The Morgan fingerprint density at radius 3 is 2.39 bits per heavy atom. The van der Waals surface area contributed by atoms with Crippen LogP contribution in [-0.4, -0.2) is 19.8 Å². The van der Waals surface area contributed by atoms with Crippen molar-refractivity contribution < 1.29 is 8.42 Å². The van der Waals surface area contributed by atoms with Crippen LogP contribution in [0.25, 0.3) is 0 Å². The van der Waals surface area contributed by atoms with E-state index in [4.69, 9.17) is 28.5 Å². The van der Waals surface area contributed by atoms with E-state index in [1.165, 1.54) is 19.2 Å². The first kappa shape index (κ1) is 18.2. The number of hydrogen-bond donors (Lipinski definition) is 0. The summed E-state index contributed by atoms with van der Waals surface area (Å²) in [7, 11) is -2.44. The molecule has 0 saturated carbocycles. The fourth-order valence-corrected chi connectivity index (χ4v) is 5.05. The van der Waals surface area contributed by atoms with Crippen LogP contribution in [-0.2, 0) is 16.6 Å². The first-order valence-electron chi connectivity index (χ1n) is 6.35. The Balaban J connectivity index is 2.38. The van der Waals surface area contributed by atoms with Crippen molar-refractivity contribution in [3.8, 4) is 6.07 Å². The van der Waals surface area contributed by atoms with E-state index in [1.54, 1.807) is 24.3 Å². The molecule has 2 rings (SSSR count). The summed E-state index contributed by atoms with van der Waals surface area (Å²) in [6.07, 6.45) is 0. The lowest BCUT2D eigenvalue weighted by Gasteiger charge is -2.19. The van der Waals surface area contributed by atoms with E-state index in [1.807, 2.05) is 6.07 Å². The van der Waals surface area contributed by atoms with Gasteiger partial charge in [0, 0.05) is 18.1 Å². The van der Waals surface area contributed by atoms with Crippen molar-refractivity contribution in [1.82, 2.24) is 4.31 Å². The molecule has 0 aromatic heterocycles. The number of sulfonamides is 1. The molecule has 0 saturated heterocycles. The average Bonchev–Trinajstić information content (AvgIpc) is 2.45. The second-order valence-corrected chi connectivity index (χ2v) is 8.48. The monoisotopic (exact) mass is 432 g/mol. The van der Waals surface area contributed by atoms with Crippen molar-refractivity contribution >= 4 is 49.2 Å². The molecule has 0 amide bonds. The van der Waals surface area contributed by atoms with Gasteiger partial charge in [-0.3, -0.25) is 0 Å². The quantitative estimate of drug-likeness (QED) is 0.715. The molecule has 8 heteroatoms. The minimum Gasteiger partial charge on any atom is -0.207 e. The topological polar surface area (TPSA) is 61.2 Å². The number of halogens is 3. The Kier molecular flexibility index (Phi) is 5.71. The second kappa shape index (κ2) is 7.20. The number of rotatable bonds is 4. The van der Waals surface area contributed by atoms with Crippen molar-refractivity contribution in [3.05, 3.63) is 62.0 Å². The van der Waals surface area contributed by atoms with Crippen LogP contribution in [0.5, 0.6) is 0 Å². The highest BCUT2D eigenvalue weighted by molar-refractivity contribution is 9.10. The first-order valence-corrected chi connectivity index (χ1v) is 9.34. The summed E-state index contributed by atoms with van der Waals surface area (Å²) in [5, 5.41) is 9.00. The molecule has 23 heavy (non-hydrogen) atoms. The number of hydrogen-bond acceptors (Lipinski definition) is 3. The number of nitrogens with zero attached hydrogens (tertiary/aromatic N) is 2. The summed E-state index contributed by atoms with van der Waals surface area (Å²) in [5.41, 5.74) is 1.16. The van der Waals surface area contributed by atoms with E-state index in [0.717, 1.165) is 4.31 Å². The molecule has 0 spiro atoms. The van der Waals surface area contributed by atoms with Gasteiger partial charge in [-0.1, -0.05) is 51.3 Å². The SMILES string of the molecule is CN(Cc1cccc(C#N)c1)S(=O)(=O)c1c(Cl)cc(Br)cc1Cl. The average molecular weight is 434 g/mol. The van der Waals surface area contributed by atoms with Crippen LogP contribution in [0.1, 0.15) is 11.1 Å². The van der Waals surface area contributed by atoms with Gasteiger partial charge in [0.25, 0.3) is 0 Å². The normalized spacial score (nSPS) is 11.5. The second-order valence-electron chi connectivity index (χ2n) is 4.77. The van der Waals surface area contributed by atoms with Crippen molar-refractivity contribution in [2.75, 3.05) is 7.05 Å². The molecule has 0 unspecified atom stereocenters. The van der Waals surface area contributed by atoms with Crippen molar-refractivity contribution in [1.29, 1.82) is 5.26 Å². The van der Waals surface area contributed by atoms with Crippen LogP contribution in [0, 0.1) is 11.3 Å². The van der Waals surface area contributed by atoms with Crippen LogP contribution in [0.2, 0.25) is 10.0 Å². The minimum absolute atomic E-state index is 0.0435. The van der Waals surface area contributed by atoms with Gasteiger partial charge in [0.15, 0.2) is 0 Å². The summed E-state index contributed by atoms with van der Waals surface area (Å²) >= 11 is 15.3. The fourth-order valence-electron chi connectivity index (χ4n) is 2.01. The molecular formula is C15H11BrCl2N2O2S. The van der Waals surface area contributed by atoms with Gasteiger partial charge in [-0.05, 0) is 29.8 Å². The first-order chi connectivity index (χ1) is 10.8. The lowest BCUT2D eigenvalue weighted by atomic mass is 10.1. The summed E-state index contributed by atoms with van der Waals surface area (Å²) in [4.78, 5) is -0.136.